The number of benzene rings is 2. The van der Waals surface area contributed by atoms with E-state index in [1.54, 1.807) is 60.7 Å². The molecule has 0 aliphatic heterocycles. The van der Waals surface area contributed by atoms with Crippen LogP contribution < -0.4 is 0 Å². The standard InChI is InChI=1S/C20H27NO7/c22-15(11-13-7-3-1-4-8-13)17(19(24)25)21(28)18(20(26)27)16(23)12-14-9-5-2-6-10-14/h1-10,15-20,22-28H,11-12H2. The minimum Gasteiger partial charge on any atom is -0.391 e. The van der Waals surface area contributed by atoms with Crippen LogP contribution in [-0.2, 0) is 12.8 Å². The van der Waals surface area contributed by atoms with Gasteiger partial charge in [0, 0.05) is 12.8 Å². The molecule has 0 heterocycles. The van der Waals surface area contributed by atoms with E-state index in [1.807, 2.05) is 0 Å². The minimum atomic E-state index is -2.20. The summed E-state index contributed by atoms with van der Waals surface area (Å²) in [4.78, 5) is 0. The molecular formula is C20H27NO7. The monoisotopic (exact) mass is 393 g/mol. The Balaban J connectivity index is 2.17. The molecular weight excluding hydrogens is 366 g/mol. The van der Waals surface area contributed by atoms with E-state index in [4.69, 9.17) is 0 Å². The molecule has 7 N–H and O–H groups in total. The predicted molar refractivity (Wildman–Crippen MR) is 100.0 cm³/mol. The highest BCUT2D eigenvalue weighted by molar-refractivity contribution is 5.17. The van der Waals surface area contributed by atoms with Crippen molar-refractivity contribution in [2.24, 2.45) is 0 Å². The minimum absolute atomic E-state index is 0.0246. The molecule has 2 aromatic carbocycles. The van der Waals surface area contributed by atoms with Crippen molar-refractivity contribution in [1.82, 2.24) is 5.06 Å². The molecule has 2 rings (SSSR count). The summed E-state index contributed by atoms with van der Waals surface area (Å²) < 4.78 is 0. The smallest absolute Gasteiger partial charge is 0.172 e. The highest BCUT2D eigenvalue weighted by atomic mass is 16.5. The first-order valence-electron chi connectivity index (χ1n) is 8.94. The maximum Gasteiger partial charge on any atom is 0.172 e. The van der Waals surface area contributed by atoms with Gasteiger partial charge in [-0.15, -0.1) is 0 Å². The maximum atomic E-state index is 10.5. The van der Waals surface area contributed by atoms with Crippen molar-refractivity contribution in [3.63, 3.8) is 0 Å². The van der Waals surface area contributed by atoms with E-state index in [9.17, 15) is 35.8 Å². The van der Waals surface area contributed by atoms with Crippen LogP contribution in [0, 0.1) is 0 Å². The van der Waals surface area contributed by atoms with Gasteiger partial charge in [0.2, 0.25) is 0 Å². The van der Waals surface area contributed by atoms with Crippen molar-refractivity contribution in [3.05, 3.63) is 71.8 Å². The van der Waals surface area contributed by atoms with Crippen LogP contribution >= 0.6 is 0 Å². The zero-order valence-corrected chi connectivity index (χ0v) is 15.2. The normalized spacial score (nSPS) is 16.4. The summed E-state index contributed by atoms with van der Waals surface area (Å²) in [7, 11) is 0. The molecule has 8 heteroatoms. The van der Waals surface area contributed by atoms with Crippen LogP contribution in [-0.4, -0.2) is 77.8 Å². The Bertz CT molecular complexity index is 624. The zero-order valence-electron chi connectivity index (χ0n) is 15.2. The molecule has 0 saturated carbocycles. The molecule has 0 amide bonds. The van der Waals surface area contributed by atoms with E-state index in [2.05, 4.69) is 0 Å². The first-order chi connectivity index (χ1) is 13.3. The van der Waals surface area contributed by atoms with Crippen LogP contribution in [0.4, 0.5) is 0 Å². The fourth-order valence-corrected chi connectivity index (χ4v) is 3.17. The number of aliphatic hydroxyl groups is 6. The summed E-state index contributed by atoms with van der Waals surface area (Å²) in [5, 5.41) is 70.3. The lowest BCUT2D eigenvalue weighted by Crippen LogP contribution is -2.60. The van der Waals surface area contributed by atoms with Gasteiger partial charge >= 0.3 is 0 Å². The van der Waals surface area contributed by atoms with Crippen molar-refractivity contribution in [2.45, 2.75) is 49.7 Å². The van der Waals surface area contributed by atoms with Crippen molar-refractivity contribution < 1.29 is 35.8 Å². The number of hydroxylamine groups is 2. The van der Waals surface area contributed by atoms with Crippen molar-refractivity contribution in [3.8, 4) is 0 Å². The Morgan fingerprint density at radius 2 is 0.893 bits per heavy atom. The highest BCUT2D eigenvalue weighted by Crippen LogP contribution is 2.20. The van der Waals surface area contributed by atoms with Crippen molar-refractivity contribution in [1.29, 1.82) is 0 Å². The van der Waals surface area contributed by atoms with Gasteiger partial charge in [0.1, 0.15) is 12.1 Å². The SMILES string of the molecule is OC(O)C(C(O)Cc1ccccc1)N(O)C(C(O)O)C(O)Cc1ccccc1. The molecule has 0 radical (unpaired) electrons. The van der Waals surface area contributed by atoms with Gasteiger partial charge < -0.3 is 35.8 Å². The molecule has 4 unspecified atom stereocenters. The quantitative estimate of drug-likeness (QED) is 0.206. The Kier molecular flexibility index (Phi) is 8.49. The third-order valence-electron chi connectivity index (χ3n) is 4.59. The fourth-order valence-electron chi connectivity index (χ4n) is 3.17. The third-order valence-corrected chi connectivity index (χ3v) is 4.59. The summed E-state index contributed by atoms with van der Waals surface area (Å²) in [6.45, 7) is 0. The molecule has 154 valence electrons. The second kappa shape index (κ2) is 10.6. The van der Waals surface area contributed by atoms with Gasteiger partial charge in [0.25, 0.3) is 0 Å². The van der Waals surface area contributed by atoms with Crippen LogP contribution in [0.15, 0.2) is 60.7 Å². The maximum absolute atomic E-state index is 10.5. The number of hydrogen-bond donors (Lipinski definition) is 7. The first kappa shape index (κ1) is 22.4. The second-order valence-corrected chi connectivity index (χ2v) is 6.70. The molecule has 0 aliphatic carbocycles. The Morgan fingerprint density at radius 3 is 1.18 bits per heavy atom. The lowest BCUT2D eigenvalue weighted by Gasteiger charge is -2.39. The third kappa shape index (κ3) is 6.06. The summed E-state index contributed by atoms with van der Waals surface area (Å²) in [5.41, 5.74) is 1.36. The van der Waals surface area contributed by atoms with Gasteiger partial charge in [-0.05, 0) is 11.1 Å². The van der Waals surface area contributed by atoms with Crippen LogP contribution in [0.2, 0.25) is 0 Å². The van der Waals surface area contributed by atoms with E-state index >= 15 is 0 Å². The average molecular weight is 393 g/mol. The summed E-state index contributed by atoms with van der Waals surface area (Å²) >= 11 is 0. The van der Waals surface area contributed by atoms with Crippen LogP contribution in [0.3, 0.4) is 0 Å². The molecule has 0 aromatic heterocycles. The lowest BCUT2D eigenvalue weighted by molar-refractivity contribution is -0.288. The van der Waals surface area contributed by atoms with Gasteiger partial charge in [-0.25, -0.2) is 0 Å². The van der Waals surface area contributed by atoms with E-state index in [1.165, 1.54) is 0 Å². The van der Waals surface area contributed by atoms with E-state index in [-0.39, 0.29) is 17.9 Å². The molecule has 2 aromatic rings. The average Bonchev–Trinajstić information content (AvgIpc) is 2.62. The predicted octanol–water partition coefficient (Wildman–Crippen LogP) is -0.757. The van der Waals surface area contributed by atoms with Crippen molar-refractivity contribution >= 4 is 0 Å². The highest BCUT2D eigenvalue weighted by Gasteiger charge is 2.41. The topological polar surface area (TPSA) is 145 Å². The number of rotatable bonds is 10. The van der Waals surface area contributed by atoms with Crippen LogP contribution in [0.1, 0.15) is 11.1 Å². The summed E-state index contributed by atoms with van der Waals surface area (Å²) in [5.74, 6) is 0. The molecule has 0 aliphatic rings. The molecule has 0 bridgehead atoms. The van der Waals surface area contributed by atoms with E-state index in [0.29, 0.717) is 11.1 Å². The lowest BCUT2D eigenvalue weighted by atomic mass is 9.97. The van der Waals surface area contributed by atoms with Gasteiger partial charge in [-0.3, -0.25) is 0 Å². The van der Waals surface area contributed by atoms with Crippen LogP contribution in [0.25, 0.3) is 0 Å². The summed E-state index contributed by atoms with van der Waals surface area (Å²) in [6, 6.07) is 14.0. The number of aliphatic hydroxyl groups excluding tert-OH is 4. The van der Waals surface area contributed by atoms with Crippen molar-refractivity contribution in [2.75, 3.05) is 0 Å². The number of nitrogens with zero attached hydrogens (tertiary/aromatic N) is 1. The summed E-state index contributed by atoms with van der Waals surface area (Å²) in [6.07, 6.45) is -7.37. The van der Waals surface area contributed by atoms with Gasteiger partial charge in [-0.2, -0.15) is 5.06 Å². The second-order valence-electron chi connectivity index (χ2n) is 6.70. The van der Waals surface area contributed by atoms with Gasteiger partial charge in [-0.1, -0.05) is 60.7 Å². The zero-order chi connectivity index (χ0) is 20.7. The van der Waals surface area contributed by atoms with E-state index < -0.39 is 36.9 Å². The van der Waals surface area contributed by atoms with Crippen LogP contribution in [0.5, 0.6) is 0 Å². The molecule has 4 atom stereocenters. The Hall–Kier alpha value is -1.88. The fraction of sp³-hybridized carbons (Fsp3) is 0.400. The Labute approximate surface area is 163 Å². The molecule has 28 heavy (non-hydrogen) atoms. The van der Waals surface area contributed by atoms with Gasteiger partial charge in [0.15, 0.2) is 12.6 Å². The largest absolute Gasteiger partial charge is 0.391 e. The molecule has 0 spiro atoms. The van der Waals surface area contributed by atoms with E-state index in [0.717, 1.165) is 0 Å². The molecule has 8 nitrogen and oxygen atoms in total. The Morgan fingerprint density at radius 1 is 0.571 bits per heavy atom. The number of hydrogen-bond acceptors (Lipinski definition) is 8. The van der Waals surface area contributed by atoms with Gasteiger partial charge in [0.05, 0.1) is 12.2 Å². The first-order valence-corrected chi connectivity index (χ1v) is 8.94. The molecule has 0 fully saturated rings. The molecule has 0 saturated heterocycles.